The van der Waals surface area contributed by atoms with Crippen LogP contribution >= 0.6 is 0 Å². The molecule has 2 fully saturated rings. The van der Waals surface area contributed by atoms with Crippen molar-refractivity contribution in [1.82, 2.24) is 10.6 Å². The largest absolute Gasteiger partial charge is 0.444 e. The molecule has 0 spiro atoms. The summed E-state index contributed by atoms with van der Waals surface area (Å²) in [5.41, 5.74) is -2.27. The molecule has 2 rings (SSSR count). The summed E-state index contributed by atoms with van der Waals surface area (Å²) in [6.45, 7) is 26.6. The Balaban J connectivity index is 0.000000340. The molecule has 2 aliphatic carbocycles. The molecule has 0 unspecified atom stereocenters. The van der Waals surface area contributed by atoms with Gasteiger partial charge in [-0.05, 0) is 41.5 Å². The van der Waals surface area contributed by atoms with Crippen molar-refractivity contribution >= 4 is 12.2 Å². The van der Waals surface area contributed by atoms with Gasteiger partial charge in [0.25, 0.3) is 0 Å². The first-order valence-electron chi connectivity index (χ1n) is 12.1. The van der Waals surface area contributed by atoms with E-state index >= 15 is 0 Å². The van der Waals surface area contributed by atoms with E-state index in [2.05, 4.69) is 10.6 Å². The molecule has 0 radical (unpaired) electrons. The molecular weight excluding hydrogens is 436 g/mol. The third kappa shape index (κ3) is 6.36. The predicted molar refractivity (Wildman–Crippen MR) is 133 cm³/mol. The first-order valence-corrected chi connectivity index (χ1v) is 12.1. The van der Waals surface area contributed by atoms with Crippen LogP contribution in [0.2, 0.25) is 0 Å². The molecule has 200 valence electrons. The second-order valence-electron chi connectivity index (χ2n) is 14.2. The standard InChI is InChI=1S/2C13H25NO3/c2*1-11(2,3)17-10(16)14-8-12(4,5)9(15)13(8,6)7/h2*8-9,15H,1-7H3,(H,14,16). The topological polar surface area (TPSA) is 117 Å². The van der Waals surface area contributed by atoms with E-state index in [9.17, 15) is 19.8 Å². The van der Waals surface area contributed by atoms with E-state index in [0.717, 1.165) is 0 Å². The van der Waals surface area contributed by atoms with E-state index in [-0.39, 0.29) is 33.7 Å². The van der Waals surface area contributed by atoms with Gasteiger partial charge >= 0.3 is 12.2 Å². The number of aliphatic hydroxyl groups is 2. The van der Waals surface area contributed by atoms with E-state index < -0.39 is 35.6 Å². The maximum absolute atomic E-state index is 11.7. The average Bonchev–Trinajstić information content (AvgIpc) is 2.60. The molecule has 0 aromatic heterocycles. The van der Waals surface area contributed by atoms with Gasteiger partial charge in [0, 0.05) is 33.7 Å². The smallest absolute Gasteiger partial charge is 0.407 e. The third-order valence-electron chi connectivity index (χ3n) is 7.12. The second-order valence-corrected chi connectivity index (χ2v) is 14.2. The van der Waals surface area contributed by atoms with Gasteiger partial charge in [-0.2, -0.15) is 0 Å². The highest BCUT2D eigenvalue weighted by molar-refractivity contribution is 5.69. The molecule has 34 heavy (non-hydrogen) atoms. The Labute approximate surface area is 206 Å². The van der Waals surface area contributed by atoms with Crippen molar-refractivity contribution in [2.75, 3.05) is 0 Å². The molecule has 0 bridgehead atoms. The lowest BCUT2D eigenvalue weighted by Gasteiger charge is -2.61. The number of nitrogens with one attached hydrogen (secondary N) is 2. The van der Waals surface area contributed by atoms with E-state index in [1.165, 1.54) is 0 Å². The minimum Gasteiger partial charge on any atom is -0.444 e. The average molecular weight is 487 g/mol. The van der Waals surface area contributed by atoms with Crippen molar-refractivity contribution in [2.24, 2.45) is 21.7 Å². The van der Waals surface area contributed by atoms with Crippen molar-refractivity contribution in [3.63, 3.8) is 0 Å². The highest BCUT2D eigenvalue weighted by Gasteiger charge is 2.63. The van der Waals surface area contributed by atoms with Gasteiger partial charge in [0.05, 0.1) is 12.2 Å². The summed E-state index contributed by atoms with van der Waals surface area (Å²) in [6, 6.07) is -0.167. The first-order chi connectivity index (χ1) is 14.8. The number of amides is 2. The van der Waals surface area contributed by atoms with Gasteiger partial charge in [-0.25, -0.2) is 9.59 Å². The molecule has 4 N–H and O–H groups in total. The molecule has 8 heteroatoms. The summed E-state index contributed by atoms with van der Waals surface area (Å²) in [5, 5.41) is 25.8. The van der Waals surface area contributed by atoms with Crippen molar-refractivity contribution < 1.29 is 29.3 Å². The fourth-order valence-electron chi connectivity index (χ4n) is 5.87. The molecule has 2 aliphatic rings. The summed E-state index contributed by atoms with van der Waals surface area (Å²) < 4.78 is 10.5. The minimum atomic E-state index is -0.499. The van der Waals surface area contributed by atoms with Crippen LogP contribution in [0.1, 0.15) is 96.9 Å². The maximum atomic E-state index is 11.7. The number of carbonyl (C=O) groups excluding carboxylic acids is 2. The quantitative estimate of drug-likeness (QED) is 0.453. The van der Waals surface area contributed by atoms with Crippen molar-refractivity contribution in [3.8, 4) is 0 Å². The van der Waals surface area contributed by atoms with Crippen LogP contribution in [0.5, 0.6) is 0 Å². The van der Waals surface area contributed by atoms with Crippen LogP contribution in [0.4, 0.5) is 9.59 Å². The summed E-state index contributed by atoms with van der Waals surface area (Å²) in [5.74, 6) is 0. The normalized spacial score (nSPS) is 30.4. The molecule has 0 heterocycles. The minimum absolute atomic E-state index is 0.0835. The van der Waals surface area contributed by atoms with Crippen LogP contribution in [0.25, 0.3) is 0 Å². The Hall–Kier alpha value is -1.54. The molecule has 0 aliphatic heterocycles. The monoisotopic (exact) mass is 486 g/mol. The van der Waals surface area contributed by atoms with E-state index in [1.54, 1.807) is 0 Å². The highest BCUT2D eigenvalue weighted by Crippen LogP contribution is 2.54. The van der Waals surface area contributed by atoms with Crippen LogP contribution < -0.4 is 10.6 Å². The number of alkyl carbamates (subject to hydrolysis) is 2. The van der Waals surface area contributed by atoms with Crippen LogP contribution in [0, 0.1) is 21.7 Å². The Morgan fingerprint density at radius 2 is 0.794 bits per heavy atom. The molecule has 0 aromatic carbocycles. The molecule has 0 aromatic rings. The number of aliphatic hydroxyl groups excluding tert-OH is 2. The van der Waals surface area contributed by atoms with Gasteiger partial charge in [0.15, 0.2) is 0 Å². The number of carbonyl (C=O) groups is 2. The van der Waals surface area contributed by atoms with Gasteiger partial charge in [0.2, 0.25) is 0 Å². The molecule has 2 saturated carbocycles. The van der Waals surface area contributed by atoms with Gasteiger partial charge < -0.3 is 30.3 Å². The van der Waals surface area contributed by atoms with Crippen LogP contribution in [0.15, 0.2) is 0 Å². The predicted octanol–water partition coefficient (Wildman–Crippen LogP) is 4.61. The summed E-state index contributed by atoms with van der Waals surface area (Å²) in [7, 11) is 0. The maximum Gasteiger partial charge on any atom is 0.407 e. The zero-order valence-corrected chi connectivity index (χ0v) is 23.8. The van der Waals surface area contributed by atoms with E-state index in [1.807, 2.05) is 96.9 Å². The number of ether oxygens (including phenoxy) is 2. The van der Waals surface area contributed by atoms with Gasteiger partial charge in [0.1, 0.15) is 11.2 Å². The van der Waals surface area contributed by atoms with Gasteiger partial charge in [-0.1, -0.05) is 55.4 Å². The number of hydrogen-bond donors (Lipinski definition) is 4. The highest BCUT2D eigenvalue weighted by atomic mass is 16.6. The lowest BCUT2D eigenvalue weighted by Crippen LogP contribution is -2.73. The lowest BCUT2D eigenvalue weighted by atomic mass is 9.49. The Bertz CT molecular complexity index is 662. The summed E-state index contributed by atoms with van der Waals surface area (Å²) in [6.07, 6.45) is -1.68. The SMILES string of the molecule is CC(C)(C)OC(=O)NC1C(C)(C)C(O)C1(C)C.CC(C)(C)OC(=O)NC1C(C)(C)C(O)C1(C)C. The van der Waals surface area contributed by atoms with Gasteiger partial charge in [-0.3, -0.25) is 0 Å². The zero-order valence-electron chi connectivity index (χ0n) is 23.8. The molecule has 8 nitrogen and oxygen atoms in total. The number of hydrogen-bond acceptors (Lipinski definition) is 6. The van der Waals surface area contributed by atoms with Crippen LogP contribution in [-0.4, -0.2) is 57.9 Å². The Morgan fingerprint density at radius 1 is 0.588 bits per heavy atom. The second kappa shape index (κ2) is 9.16. The van der Waals surface area contributed by atoms with Crippen molar-refractivity contribution in [1.29, 1.82) is 0 Å². The Morgan fingerprint density at radius 3 is 0.971 bits per heavy atom. The summed E-state index contributed by atoms with van der Waals surface area (Å²) in [4.78, 5) is 23.5. The fraction of sp³-hybridized carbons (Fsp3) is 0.923. The first kappa shape index (κ1) is 30.5. The van der Waals surface area contributed by atoms with Crippen molar-refractivity contribution in [2.45, 2.75) is 132 Å². The molecule has 0 saturated heterocycles. The summed E-state index contributed by atoms with van der Waals surface area (Å²) >= 11 is 0. The van der Waals surface area contributed by atoms with Crippen LogP contribution in [0.3, 0.4) is 0 Å². The third-order valence-corrected chi connectivity index (χ3v) is 7.12. The Kier molecular flexibility index (Phi) is 8.21. The molecular formula is C26H50N2O6. The molecule has 0 atom stereocenters. The van der Waals surface area contributed by atoms with Crippen molar-refractivity contribution in [3.05, 3.63) is 0 Å². The van der Waals surface area contributed by atoms with Crippen LogP contribution in [-0.2, 0) is 9.47 Å². The van der Waals surface area contributed by atoms with E-state index in [0.29, 0.717) is 0 Å². The number of rotatable bonds is 2. The molecule has 2 amide bonds. The lowest BCUT2D eigenvalue weighted by molar-refractivity contribution is -0.181. The zero-order chi connectivity index (χ0) is 27.3. The fourth-order valence-corrected chi connectivity index (χ4v) is 5.87. The van der Waals surface area contributed by atoms with Gasteiger partial charge in [-0.15, -0.1) is 0 Å². The van der Waals surface area contributed by atoms with E-state index in [4.69, 9.17) is 9.47 Å².